The van der Waals surface area contributed by atoms with E-state index in [1.165, 1.54) is 34.6 Å². The molecule has 2 fully saturated rings. The first-order valence-electron chi connectivity index (χ1n) is 12.3. The second-order valence-corrected chi connectivity index (χ2v) is 10.3. The van der Waals surface area contributed by atoms with E-state index in [1.807, 2.05) is 16.3 Å². The summed E-state index contributed by atoms with van der Waals surface area (Å²) in [6.45, 7) is 9.59. The lowest BCUT2D eigenvalue weighted by Gasteiger charge is -2.37. The van der Waals surface area contributed by atoms with Crippen LogP contribution in [-0.4, -0.2) is 59.6 Å². The van der Waals surface area contributed by atoms with Gasteiger partial charge in [-0.15, -0.1) is 11.3 Å². The number of hydrogen-bond donors (Lipinski definition) is 0. The van der Waals surface area contributed by atoms with Gasteiger partial charge < -0.3 is 14.7 Å². The molecule has 0 saturated carbocycles. The second-order valence-electron chi connectivity index (χ2n) is 9.39. The predicted octanol–water partition coefficient (Wildman–Crippen LogP) is 3.80. The maximum absolute atomic E-state index is 13.3. The molecule has 2 saturated heterocycles. The number of carbonyl (C=O) groups excluding carboxylic acids is 1. The van der Waals surface area contributed by atoms with Gasteiger partial charge in [-0.05, 0) is 61.7 Å². The number of rotatable bonds is 5. The highest BCUT2D eigenvalue weighted by Gasteiger charge is 2.24. The molecule has 2 aliphatic rings. The monoisotopic (exact) mass is 479 g/mol. The lowest BCUT2D eigenvalue weighted by atomic mass is 10.1. The first-order chi connectivity index (χ1) is 16.5. The predicted molar refractivity (Wildman–Crippen MR) is 139 cm³/mol. The van der Waals surface area contributed by atoms with Crippen LogP contribution in [0.5, 0.6) is 0 Å². The molecule has 180 valence electrons. The third-order valence-corrected chi connectivity index (χ3v) is 8.17. The van der Waals surface area contributed by atoms with Gasteiger partial charge in [0.1, 0.15) is 4.70 Å². The van der Waals surface area contributed by atoms with Gasteiger partial charge in [0.15, 0.2) is 0 Å². The third-order valence-electron chi connectivity index (χ3n) is 7.28. The number of thiophene rings is 1. The Kier molecular flexibility index (Phi) is 6.59. The van der Waals surface area contributed by atoms with E-state index in [0.717, 1.165) is 50.5 Å². The molecule has 2 aromatic heterocycles. The van der Waals surface area contributed by atoms with Crippen LogP contribution in [0.1, 0.15) is 36.8 Å². The Balaban J connectivity index is 1.27. The van der Waals surface area contributed by atoms with Crippen molar-refractivity contribution in [2.45, 2.75) is 46.1 Å². The number of nitrogens with zero attached hydrogens (tertiary/aromatic N) is 5. The van der Waals surface area contributed by atoms with Crippen molar-refractivity contribution in [1.29, 1.82) is 0 Å². The quantitative estimate of drug-likeness (QED) is 0.557. The largest absolute Gasteiger partial charge is 0.368 e. The Morgan fingerprint density at radius 3 is 2.50 bits per heavy atom. The number of aryl methyl sites for hydroxylation is 1. The minimum Gasteiger partial charge on any atom is -0.368 e. The maximum Gasteiger partial charge on any atom is 0.272 e. The van der Waals surface area contributed by atoms with Gasteiger partial charge in [0.25, 0.3) is 5.56 Å². The molecule has 3 aromatic rings. The molecule has 0 N–H and O–H groups in total. The number of benzene rings is 1. The maximum atomic E-state index is 13.3. The number of hydrogen-bond acceptors (Lipinski definition) is 6. The van der Waals surface area contributed by atoms with Crippen molar-refractivity contribution in [3.8, 4) is 0 Å². The van der Waals surface area contributed by atoms with Crippen molar-refractivity contribution in [3.05, 3.63) is 51.1 Å². The van der Waals surface area contributed by atoms with Gasteiger partial charge in [-0.3, -0.25) is 14.2 Å². The Labute approximate surface area is 204 Å². The van der Waals surface area contributed by atoms with E-state index in [2.05, 4.69) is 41.8 Å². The van der Waals surface area contributed by atoms with Crippen LogP contribution in [0.4, 0.5) is 11.6 Å². The van der Waals surface area contributed by atoms with Crippen molar-refractivity contribution >= 4 is 39.1 Å². The molecule has 0 unspecified atom stereocenters. The topological polar surface area (TPSA) is 61.7 Å². The number of carbonyl (C=O) groups is 1. The van der Waals surface area contributed by atoms with Gasteiger partial charge in [0.2, 0.25) is 11.9 Å². The summed E-state index contributed by atoms with van der Waals surface area (Å²) >= 11 is 1.43. The number of amides is 1. The Hall–Kier alpha value is -2.87. The molecule has 34 heavy (non-hydrogen) atoms. The van der Waals surface area contributed by atoms with Crippen LogP contribution in [-0.2, 0) is 11.3 Å². The van der Waals surface area contributed by atoms with E-state index >= 15 is 0 Å². The van der Waals surface area contributed by atoms with Crippen LogP contribution >= 0.6 is 11.3 Å². The zero-order chi connectivity index (χ0) is 23.7. The van der Waals surface area contributed by atoms with Gasteiger partial charge in [-0.1, -0.05) is 12.1 Å². The smallest absolute Gasteiger partial charge is 0.272 e. The second kappa shape index (κ2) is 9.78. The average Bonchev–Trinajstić information content (AvgIpc) is 3.35. The fraction of sp³-hybridized carbons (Fsp3) is 0.500. The summed E-state index contributed by atoms with van der Waals surface area (Å²) in [5.41, 5.74) is 4.61. The molecule has 8 heteroatoms. The van der Waals surface area contributed by atoms with E-state index in [-0.39, 0.29) is 11.5 Å². The number of piperidine rings is 1. The van der Waals surface area contributed by atoms with E-state index in [9.17, 15) is 9.59 Å². The molecule has 1 amide bonds. The summed E-state index contributed by atoms with van der Waals surface area (Å²) in [6.07, 6.45) is 3.76. The molecule has 0 spiro atoms. The zero-order valence-electron chi connectivity index (χ0n) is 20.1. The SMILES string of the molecule is Cc1cccc(N2CCN(C(=O)CCn3c(N4CCCCC4)nc4ccsc4c3=O)CC2)c1C. The van der Waals surface area contributed by atoms with Crippen molar-refractivity contribution in [3.63, 3.8) is 0 Å². The molecular formula is C26H33N5O2S. The Morgan fingerprint density at radius 1 is 0.971 bits per heavy atom. The summed E-state index contributed by atoms with van der Waals surface area (Å²) in [4.78, 5) is 37.8. The molecule has 5 rings (SSSR count). The minimum atomic E-state index is -0.0203. The van der Waals surface area contributed by atoms with E-state index in [0.29, 0.717) is 30.8 Å². The van der Waals surface area contributed by atoms with Gasteiger partial charge in [0, 0.05) is 57.9 Å². The molecule has 0 bridgehead atoms. The van der Waals surface area contributed by atoms with E-state index in [4.69, 9.17) is 4.98 Å². The first-order valence-corrected chi connectivity index (χ1v) is 13.2. The van der Waals surface area contributed by atoms with Gasteiger partial charge in [-0.25, -0.2) is 4.98 Å². The van der Waals surface area contributed by atoms with Crippen LogP contribution in [0.2, 0.25) is 0 Å². The normalized spacial score (nSPS) is 16.9. The molecule has 0 atom stereocenters. The molecule has 0 radical (unpaired) electrons. The van der Waals surface area contributed by atoms with Gasteiger partial charge in [-0.2, -0.15) is 0 Å². The number of fused-ring (bicyclic) bond motifs is 1. The van der Waals surface area contributed by atoms with Crippen LogP contribution in [0.3, 0.4) is 0 Å². The number of piperazine rings is 1. The summed E-state index contributed by atoms with van der Waals surface area (Å²) in [5.74, 6) is 0.839. The Morgan fingerprint density at radius 2 is 1.74 bits per heavy atom. The fourth-order valence-corrected chi connectivity index (χ4v) is 5.89. The average molecular weight is 480 g/mol. The number of anilines is 2. The van der Waals surface area contributed by atoms with Crippen molar-refractivity contribution in [1.82, 2.24) is 14.5 Å². The standard InChI is InChI=1S/C26H33N5O2S/c1-19-7-6-8-22(20(19)2)28-14-16-29(17-15-28)23(32)9-13-31-25(33)24-21(10-18-34-24)27-26(31)30-11-4-3-5-12-30/h6-8,10,18H,3-5,9,11-17H2,1-2H3. The zero-order valence-corrected chi connectivity index (χ0v) is 20.9. The summed E-state index contributed by atoms with van der Waals surface area (Å²) in [6, 6.07) is 8.33. The molecule has 2 aliphatic heterocycles. The molecule has 7 nitrogen and oxygen atoms in total. The minimum absolute atomic E-state index is 0.0203. The summed E-state index contributed by atoms with van der Waals surface area (Å²) in [7, 11) is 0. The van der Waals surface area contributed by atoms with Crippen molar-refractivity contribution in [2.24, 2.45) is 0 Å². The molecule has 1 aromatic carbocycles. The van der Waals surface area contributed by atoms with E-state index in [1.54, 1.807) is 4.57 Å². The lowest BCUT2D eigenvalue weighted by molar-refractivity contribution is -0.131. The number of aromatic nitrogens is 2. The van der Waals surface area contributed by atoms with Crippen molar-refractivity contribution in [2.75, 3.05) is 49.1 Å². The Bertz CT molecular complexity index is 1240. The molecule has 0 aliphatic carbocycles. The van der Waals surface area contributed by atoms with Crippen molar-refractivity contribution < 1.29 is 4.79 Å². The van der Waals surface area contributed by atoms with E-state index < -0.39 is 0 Å². The molecular weight excluding hydrogens is 446 g/mol. The molecule has 4 heterocycles. The lowest BCUT2D eigenvalue weighted by Crippen LogP contribution is -2.49. The first kappa shape index (κ1) is 22.9. The summed E-state index contributed by atoms with van der Waals surface area (Å²) < 4.78 is 2.42. The van der Waals surface area contributed by atoms with Crippen LogP contribution in [0.15, 0.2) is 34.4 Å². The highest BCUT2D eigenvalue weighted by Crippen LogP contribution is 2.25. The fourth-order valence-electron chi connectivity index (χ4n) is 5.11. The van der Waals surface area contributed by atoms with Crippen LogP contribution in [0.25, 0.3) is 10.2 Å². The summed E-state index contributed by atoms with van der Waals surface area (Å²) in [5, 5.41) is 1.92. The highest BCUT2D eigenvalue weighted by atomic mass is 32.1. The van der Waals surface area contributed by atoms with Crippen LogP contribution < -0.4 is 15.4 Å². The third kappa shape index (κ3) is 4.43. The van der Waals surface area contributed by atoms with Gasteiger partial charge >= 0.3 is 0 Å². The van der Waals surface area contributed by atoms with Crippen LogP contribution in [0, 0.1) is 13.8 Å². The van der Waals surface area contributed by atoms with Gasteiger partial charge in [0.05, 0.1) is 5.52 Å². The highest BCUT2D eigenvalue weighted by molar-refractivity contribution is 7.17.